The minimum absolute atomic E-state index is 0.0245. The summed E-state index contributed by atoms with van der Waals surface area (Å²) in [5.74, 6) is -0.696. The lowest BCUT2D eigenvalue weighted by Gasteiger charge is -2.33. The Morgan fingerprint density at radius 3 is 2.95 bits per heavy atom. The van der Waals surface area contributed by atoms with Crippen LogP contribution in [0.5, 0.6) is 5.75 Å². The molecule has 21 heavy (non-hydrogen) atoms. The van der Waals surface area contributed by atoms with Crippen molar-refractivity contribution in [3.8, 4) is 5.75 Å². The molecule has 1 heterocycles. The molecule has 1 saturated heterocycles. The van der Waals surface area contributed by atoms with E-state index in [-0.39, 0.29) is 25.5 Å². The standard InChI is InChI=1S/C14H16BrNO5/c1-20-12-3-2-10(15)6-9(12)7-13(17)16-4-5-21-8-11(16)14(18)19/h2-3,6,11H,4-5,7-8H2,1H3,(H,18,19)/t11-/m1/s1. The Hall–Kier alpha value is -1.60. The topological polar surface area (TPSA) is 76.1 Å². The number of hydrogen-bond acceptors (Lipinski definition) is 4. The third-order valence-electron chi connectivity index (χ3n) is 3.32. The number of benzene rings is 1. The van der Waals surface area contributed by atoms with E-state index in [0.29, 0.717) is 17.9 Å². The minimum atomic E-state index is -1.05. The zero-order chi connectivity index (χ0) is 15.4. The molecule has 1 N–H and O–H groups in total. The van der Waals surface area contributed by atoms with Crippen molar-refractivity contribution < 1.29 is 24.2 Å². The molecular formula is C14H16BrNO5. The van der Waals surface area contributed by atoms with E-state index in [1.807, 2.05) is 6.07 Å². The summed E-state index contributed by atoms with van der Waals surface area (Å²) < 4.78 is 11.2. The highest BCUT2D eigenvalue weighted by atomic mass is 79.9. The van der Waals surface area contributed by atoms with Gasteiger partial charge in [0.25, 0.3) is 0 Å². The summed E-state index contributed by atoms with van der Waals surface area (Å²) in [6.07, 6.45) is 0.0897. The molecular weight excluding hydrogens is 342 g/mol. The molecule has 1 atom stereocenters. The molecule has 1 fully saturated rings. The molecule has 2 rings (SSSR count). The molecule has 0 aromatic heterocycles. The lowest BCUT2D eigenvalue weighted by atomic mass is 10.1. The van der Waals surface area contributed by atoms with Crippen molar-refractivity contribution in [3.05, 3.63) is 28.2 Å². The van der Waals surface area contributed by atoms with Crippen molar-refractivity contribution >= 4 is 27.8 Å². The Morgan fingerprint density at radius 1 is 1.52 bits per heavy atom. The number of hydrogen-bond donors (Lipinski definition) is 1. The number of aliphatic carboxylic acids is 1. The van der Waals surface area contributed by atoms with E-state index >= 15 is 0 Å². The van der Waals surface area contributed by atoms with Crippen molar-refractivity contribution in [3.63, 3.8) is 0 Å². The van der Waals surface area contributed by atoms with E-state index in [1.165, 1.54) is 12.0 Å². The number of carboxylic acids is 1. The summed E-state index contributed by atoms with van der Waals surface area (Å²) in [5, 5.41) is 9.16. The Balaban J connectivity index is 2.16. The van der Waals surface area contributed by atoms with Crippen LogP contribution in [0, 0.1) is 0 Å². The van der Waals surface area contributed by atoms with Gasteiger partial charge in [0.1, 0.15) is 5.75 Å². The average Bonchev–Trinajstić information content (AvgIpc) is 2.47. The third-order valence-corrected chi connectivity index (χ3v) is 3.81. The Bertz CT molecular complexity index is 548. The van der Waals surface area contributed by atoms with E-state index in [0.717, 1.165) is 4.47 Å². The molecule has 0 aliphatic carbocycles. The van der Waals surface area contributed by atoms with Gasteiger partial charge in [-0.15, -0.1) is 0 Å². The lowest BCUT2D eigenvalue weighted by Crippen LogP contribution is -2.53. The summed E-state index contributed by atoms with van der Waals surface area (Å²) in [7, 11) is 1.53. The monoisotopic (exact) mass is 357 g/mol. The van der Waals surface area contributed by atoms with Crippen molar-refractivity contribution in [1.29, 1.82) is 0 Å². The van der Waals surface area contributed by atoms with Crippen LogP contribution in [0.25, 0.3) is 0 Å². The molecule has 114 valence electrons. The number of carbonyl (C=O) groups is 2. The highest BCUT2D eigenvalue weighted by molar-refractivity contribution is 9.10. The van der Waals surface area contributed by atoms with Crippen LogP contribution in [0.1, 0.15) is 5.56 Å². The number of carboxylic acid groups (broad SMARTS) is 1. The second-order valence-corrected chi connectivity index (χ2v) is 5.56. The summed E-state index contributed by atoms with van der Waals surface area (Å²) in [6.45, 7) is 0.661. The molecule has 1 amide bonds. The second-order valence-electron chi connectivity index (χ2n) is 4.65. The fourth-order valence-electron chi connectivity index (χ4n) is 2.26. The number of carbonyl (C=O) groups excluding carboxylic acids is 1. The molecule has 0 unspecified atom stereocenters. The Morgan fingerprint density at radius 2 is 2.29 bits per heavy atom. The first-order valence-corrected chi connectivity index (χ1v) is 7.24. The van der Waals surface area contributed by atoms with Gasteiger partial charge in [-0.25, -0.2) is 4.79 Å². The first-order valence-electron chi connectivity index (χ1n) is 6.45. The highest BCUT2D eigenvalue weighted by Crippen LogP contribution is 2.24. The molecule has 7 heteroatoms. The number of ether oxygens (including phenoxy) is 2. The molecule has 0 saturated carbocycles. The van der Waals surface area contributed by atoms with E-state index < -0.39 is 12.0 Å². The van der Waals surface area contributed by atoms with Crippen LogP contribution in [-0.4, -0.2) is 54.8 Å². The number of nitrogens with zero attached hydrogens (tertiary/aromatic N) is 1. The fourth-order valence-corrected chi connectivity index (χ4v) is 2.67. The molecule has 1 aromatic rings. The molecule has 0 bridgehead atoms. The number of rotatable bonds is 4. The minimum Gasteiger partial charge on any atom is -0.496 e. The van der Waals surface area contributed by atoms with Gasteiger partial charge >= 0.3 is 5.97 Å². The molecule has 1 aromatic carbocycles. The maximum Gasteiger partial charge on any atom is 0.328 e. The Kier molecular flexibility index (Phi) is 5.19. The normalized spacial score (nSPS) is 18.4. The lowest BCUT2D eigenvalue weighted by molar-refractivity contribution is -0.158. The van der Waals surface area contributed by atoms with Crippen LogP contribution in [-0.2, 0) is 20.7 Å². The van der Waals surface area contributed by atoms with Crippen LogP contribution in [0.15, 0.2) is 22.7 Å². The maximum absolute atomic E-state index is 12.4. The van der Waals surface area contributed by atoms with Crippen LogP contribution < -0.4 is 4.74 Å². The molecule has 0 spiro atoms. The van der Waals surface area contributed by atoms with Crippen LogP contribution in [0.4, 0.5) is 0 Å². The number of morpholine rings is 1. The maximum atomic E-state index is 12.4. The van der Waals surface area contributed by atoms with E-state index in [9.17, 15) is 9.59 Å². The summed E-state index contributed by atoms with van der Waals surface area (Å²) >= 11 is 3.35. The van der Waals surface area contributed by atoms with Crippen molar-refractivity contribution in [2.75, 3.05) is 26.9 Å². The second kappa shape index (κ2) is 6.91. The SMILES string of the molecule is COc1ccc(Br)cc1CC(=O)N1CCOC[C@@H]1C(=O)O. The summed E-state index contributed by atoms with van der Waals surface area (Å²) in [4.78, 5) is 24.9. The van der Waals surface area contributed by atoms with Crippen molar-refractivity contribution in [1.82, 2.24) is 4.90 Å². The number of amides is 1. The van der Waals surface area contributed by atoms with E-state index in [4.69, 9.17) is 14.6 Å². The zero-order valence-corrected chi connectivity index (χ0v) is 13.1. The van der Waals surface area contributed by atoms with Gasteiger partial charge in [0.15, 0.2) is 6.04 Å². The van der Waals surface area contributed by atoms with Gasteiger partial charge in [-0.05, 0) is 18.2 Å². The van der Waals surface area contributed by atoms with Gasteiger partial charge < -0.3 is 19.5 Å². The van der Waals surface area contributed by atoms with Gasteiger partial charge in [-0.2, -0.15) is 0 Å². The third kappa shape index (κ3) is 3.74. The average molecular weight is 358 g/mol. The molecule has 0 radical (unpaired) electrons. The number of methoxy groups -OCH3 is 1. The predicted octanol–water partition coefficient (Wildman–Crippen LogP) is 1.31. The van der Waals surface area contributed by atoms with Crippen LogP contribution in [0.2, 0.25) is 0 Å². The quantitative estimate of drug-likeness (QED) is 0.879. The molecule has 1 aliphatic rings. The van der Waals surface area contributed by atoms with E-state index in [2.05, 4.69) is 15.9 Å². The van der Waals surface area contributed by atoms with Crippen molar-refractivity contribution in [2.24, 2.45) is 0 Å². The smallest absolute Gasteiger partial charge is 0.328 e. The van der Waals surface area contributed by atoms with Gasteiger partial charge in [-0.1, -0.05) is 15.9 Å². The first-order chi connectivity index (χ1) is 10.0. The zero-order valence-electron chi connectivity index (χ0n) is 11.5. The van der Waals surface area contributed by atoms with Gasteiger partial charge in [-0.3, -0.25) is 4.79 Å². The van der Waals surface area contributed by atoms with Crippen LogP contribution >= 0.6 is 15.9 Å². The van der Waals surface area contributed by atoms with Gasteiger partial charge in [0.05, 0.1) is 26.7 Å². The Labute approximate surface area is 130 Å². The number of halogens is 1. The highest BCUT2D eigenvalue weighted by Gasteiger charge is 2.32. The molecule has 1 aliphatic heterocycles. The summed E-state index contributed by atoms with van der Waals surface area (Å²) in [6, 6.07) is 4.46. The largest absolute Gasteiger partial charge is 0.496 e. The summed E-state index contributed by atoms with van der Waals surface area (Å²) in [5.41, 5.74) is 0.715. The van der Waals surface area contributed by atoms with Crippen molar-refractivity contribution in [2.45, 2.75) is 12.5 Å². The predicted molar refractivity (Wildman–Crippen MR) is 78.4 cm³/mol. The molecule has 6 nitrogen and oxygen atoms in total. The van der Waals surface area contributed by atoms with Gasteiger partial charge in [0, 0.05) is 16.6 Å². The van der Waals surface area contributed by atoms with Gasteiger partial charge in [0.2, 0.25) is 5.91 Å². The first kappa shape index (κ1) is 15.8. The van der Waals surface area contributed by atoms with Crippen LogP contribution in [0.3, 0.4) is 0 Å². The fraction of sp³-hybridized carbons (Fsp3) is 0.429. The van der Waals surface area contributed by atoms with E-state index in [1.54, 1.807) is 12.1 Å².